The molecule has 15 heavy (non-hydrogen) atoms. The van der Waals surface area contributed by atoms with Crippen LogP contribution in [0.1, 0.15) is 10.6 Å². The predicted molar refractivity (Wildman–Crippen MR) is 64.5 cm³/mol. The Labute approximate surface area is 93.8 Å². The molecule has 0 amide bonds. The minimum Gasteiger partial charge on any atom is -0.355 e. The van der Waals surface area contributed by atoms with E-state index < -0.39 is 0 Å². The average molecular weight is 221 g/mol. The van der Waals surface area contributed by atoms with Crippen molar-refractivity contribution >= 4 is 17.3 Å². The van der Waals surface area contributed by atoms with E-state index in [1.165, 1.54) is 4.88 Å². The largest absolute Gasteiger partial charge is 0.355 e. The van der Waals surface area contributed by atoms with Gasteiger partial charge in [-0.2, -0.15) is 0 Å². The molecule has 2 rings (SSSR count). The SMILES string of the molecule is Cc1cn(C)c(NCCc2cccs2)n1. The number of thiophene rings is 1. The highest BCUT2D eigenvalue weighted by Gasteiger charge is 2.00. The Hall–Kier alpha value is -1.29. The minimum absolute atomic E-state index is 0.935. The van der Waals surface area contributed by atoms with Crippen LogP contribution in [0.15, 0.2) is 23.7 Å². The fraction of sp³-hybridized carbons (Fsp3) is 0.364. The summed E-state index contributed by atoms with van der Waals surface area (Å²) in [6.07, 6.45) is 3.08. The third kappa shape index (κ3) is 2.59. The molecule has 2 aromatic rings. The van der Waals surface area contributed by atoms with Crippen LogP contribution in [0.5, 0.6) is 0 Å². The normalized spacial score (nSPS) is 10.5. The summed E-state index contributed by atoms with van der Waals surface area (Å²) in [6, 6.07) is 4.25. The van der Waals surface area contributed by atoms with Gasteiger partial charge in [0.1, 0.15) is 0 Å². The fourth-order valence-electron chi connectivity index (χ4n) is 1.53. The topological polar surface area (TPSA) is 29.9 Å². The Kier molecular flexibility index (Phi) is 3.06. The van der Waals surface area contributed by atoms with E-state index >= 15 is 0 Å². The highest BCUT2D eigenvalue weighted by Crippen LogP contribution is 2.10. The molecule has 0 spiro atoms. The first-order valence-electron chi connectivity index (χ1n) is 5.02. The van der Waals surface area contributed by atoms with Crippen molar-refractivity contribution in [2.75, 3.05) is 11.9 Å². The van der Waals surface area contributed by atoms with E-state index in [-0.39, 0.29) is 0 Å². The zero-order valence-corrected chi connectivity index (χ0v) is 9.84. The smallest absolute Gasteiger partial charge is 0.202 e. The van der Waals surface area contributed by atoms with Crippen LogP contribution in [0.2, 0.25) is 0 Å². The molecule has 2 heterocycles. The number of rotatable bonds is 4. The summed E-state index contributed by atoms with van der Waals surface area (Å²) in [6.45, 7) is 2.94. The second kappa shape index (κ2) is 4.49. The number of nitrogens with one attached hydrogen (secondary N) is 1. The number of imidazole rings is 1. The van der Waals surface area contributed by atoms with Crippen molar-refractivity contribution < 1.29 is 0 Å². The van der Waals surface area contributed by atoms with Gasteiger partial charge in [-0.3, -0.25) is 0 Å². The first kappa shape index (κ1) is 10.2. The quantitative estimate of drug-likeness (QED) is 0.859. The molecule has 0 saturated carbocycles. The lowest BCUT2D eigenvalue weighted by Gasteiger charge is -2.04. The third-order valence-corrected chi connectivity index (χ3v) is 3.17. The van der Waals surface area contributed by atoms with Crippen LogP contribution in [0.4, 0.5) is 5.95 Å². The zero-order chi connectivity index (χ0) is 10.7. The lowest BCUT2D eigenvalue weighted by Crippen LogP contribution is -2.08. The van der Waals surface area contributed by atoms with Crippen LogP contribution in [-0.4, -0.2) is 16.1 Å². The summed E-state index contributed by atoms with van der Waals surface area (Å²) in [5.41, 5.74) is 1.05. The van der Waals surface area contributed by atoms with Gasteiger partial charge in [0.05, 0.1) is 5.69 Å². The molecule has 80 valence electrons. The maximum atomic E-state index is 4.38. The van der Waals surface area contributed by atoms with Crippen LogP contribution in [0.3, 0.4) is 0 Å². The number of hydrogen-bond donors (Lipinski definition) is 1. The van der Waals surface area contributed by atoms with Crippen molar-refractivity contribution in [2.45, 2.75) is 13.3 Å². The molecule has 3 nitrogen and oxygen atoms in total. The van der Waals surface area contributed by atoms with Gasteiger partial charge in [-0.05, 0) is 24.8 Å². The second-order valence-corrected chi connectivity index (χ2v) is 4.61. The number of hydrogen-bond acceptors (Lipinski definition) is 3. The van der Waals surface area contributed by atoms with Gasteiger partial charge >= 0.3 is 0 Å². The van der Waals surface area contributed by atoms with E-state index in [0.717, 1.165) is 24.6 Å². The number of aromatic nitrogens is 2. The summed E-state index contributed by atoms with van der Waals surface area (Å²) < 4.78 is 2.02. The molecular formula is C11H15N3S. The second-order valence-electron chi connectivity index (χ2n) is 3.57. The van der Waals surface area contributed by atoms with E-state index in [0.29, 0.717) is 0 Å². The van der Waals surface area contributed by atoms with Crippen LogP contribution >= 0.6 is 11.3 Å². The zero-order valence-electron chi connectivity index (χ0n) is 9.03. The first-order valence-corrected chi connectivity index (χ1v) is 5.90. The molecule has 1 N–H and O–H groups in total. The Morgan fingerprint density at radius 3 is 3.00 bits per heavy atom. The average Bonchev–Trinajstić information content (AvgIpc) is 2.77. The molecule has 0 aliphatic rings. The Balaban J connectivity index is 1.86. The summed E-state index contributed by atoms with van der Waals surface area (Å²) in [4.78, 5) is 5.79. The summed E-state index contributed by atoms with van der Waals surface area (Å²) in [5.74, 6) is 0.948. The van der Waals surface area contributed by atoms with Crippen molar-refractivity contribution in [2.24, 2.45) is 7.05 Å². The van der Waals surface area contributed by atoms with Crippen LogP contribution in [-0.2, 0) is 13.5 Å². The monoisotopic (exact) mass is 221 g/mol. The van der Waals surface area contributed by atoms with Crippen molar-refractivity contribution in [1.82, 2.24) is 9.55 Å². The maximum absolute atomic E-state index is 4.38. The molecule has 0 aliphatic heterocycles. The van der Waals surface area contributed by atoms with E-state index in [2.05, 4.69) is 27.8 Å². The Bertz CT molecular complexity index is 417. The number of aryl methyl sites for hydroxylation is 2. The van der Waals surface area contributed by atoms with E-state index in [1.54, 1.807) is 11.3 Å². The highest BCUT2D eigenvalue weighted by atomic mass is 32.1. The van der Waals surface area contributed by atoms with Crippen molar-refractivity contribution in [1.29, 1.82) is 0 Å². The van der Waals surface area contributed by atoms with Gasteiger partial charge < -0.3 is 9.88 Å². The molecule has 0 bridgehead atoms. The van der Waals surface area contributed by atoms with Gasteiger partial charge in [0.15, 0.2) is 0 Å². The third-order valence-electron chi connectivity index (χ3n) is 2.23. The van der Waals surface area contributed by atoms with Gasteiger partial charge in [0.25, 0.3) is 0 Å². The van der Waals surface area contributed by atoms with Crippen LogP contribution in [0, 0.1) is 6.92 Å². The lowest BCUT2D eigenvalue weighted by molar-refractivity contribution is 0.892. The van der Waals surface area contributed by atoms with Gasteiger partial charge in [0.2, 0.25) is 5.95 Å². The van der Waals surface area contributed by atoms with Gasteiger partial charge in [0, 0.05) is 24.7 Å². The predicted octanol–water partition coefficient (Wildman–Crippen LogP) is 2.44. The van der Waals surface area contributed by atoms with Crippen LogP contribution in [0.25, 0.3) is 0 Å². The molecule has 0 aliphatic carbocycles. The molecule has 0 saturated heterocycles. The van der Waals surface area contributed by atoms with Crippen molar-refractivity contribution in [3.63, 3.8) is 0 Å². The summed E-state index contributed by atoms with van der Waals surface area (Å²) in [5, 5.41) is 5.44. The molecule has 0 unspecified atom stereocenters. The molecule has 0 aromatic carbocycles. The number of anilines is 1. The van der Waals surface area contributed by atoms with Gasteiger partial charge in [-0.25, -0.2) is 4.98 Å². The van der Waals surface area contributed by atoms with Crippen LogP contribution < -0.4 is 5.32 Å². The molecule has 4 heteroatoms. The Morgan fingerprint density at radius 1 is 1.53 bits per heavy atom. The van der Waals surface area contributed by atoms with Gasteiger partial charge in [-0.15, -0.1) is 11.3 Å². The first-order chi connectivity index (χ1) is 7.25. The minimum atomic E-state index is 0.935. The molecule has 0 radical (unpaired) electrons. The number of nitrogens with zero attached hydrogens (tertiary/aromatic N) is 2. The van der Waals surface area contributed by atoms with E-state index in [9.17, 15) is 0 Å². The van der Waals surface area contributed by atoms with E-state index in [1.807, 2.05) is 24.7 Å². The van der Waals surface area contributed by atoms with Gasteiger partial charge in [-0.1, -0.05) is 6.07 Å². The van der Waals surface area contributed by atoms with E-state index in [4.69, 9.17) is 0 Å². The molecular weight excluding hydrogens is 206 g/mol. The lowest BCUT2D eigenvalue weighted by atomic mass is 10.3. The standard InChI is InChI=1S/C11H15N3S/c1-9-8-14(2)11(13-9)12-6-5-10-4-3-7-15-10/h3-4,7-8H,5-6H2,1-2H3,(H,12,13). The highest BCUT2D eigenvalue weighted by molar-refractivity contribution is 7.09. The fourth-order valence-corrected chi connectivity index (χ4v) is 2.24. The van der Waals surface area contributed by atoms with Crippen molar-refractivity contribution in [3.8, 4) is 0 Å². The summed E-state index contributed by atoms with van der Waals surface area (Å²) in [7, 11) is 2.01. The summed E-state index contributed by atoms with van der Waals surface area (Å²) >= 11 is 1.80. The molecule has 0 fully saturated rings. The molecule has 0 atom stereocenters. The molecule has 2 aromatic heterocycles. The van der Waals surface area contributed by atoms with Crippen molar-refractivity contribution in [3.05, 3.63) is 34.3 Å². The maximum Gasteiger partial charge on any atom is 0.202 e. The Morgan fingerprint density at radius 2 is 2.40 bits per heavy atom.